The SMILES string of the molecule is CC(C)CN(C(=O)C#Cc1ccc(C(F)(F)F)cc1)[C@@H]1CC[C@H]2[C@H]3Cc4cccc5c4[C@@]2(CCN3CC(O)c2ccccc2)[C@H]1O5. The smallest absolute Gasteiger partial charge is 0.416 e. The van der Waals surface area contributed by atoms with Gasteiger partial charge in [0.1, 0.15) is 11.9 Å². The van der Waals surface area contributed by atoms with Gasteiger partial charge in [0.15, 0.2) is 0 Å². The standard InChI is InChI=1S/C38H39F3N2O3/c1-24(2)22-43(34(45)18-13-25-11-14-28(15-12-25)38(39,40)41)30-17-16-29-31-21-27-9-6-10-33-35(27)37(29,36(30)46-33)19-20-42(31)23-32(44)26-7-4-3-5-8-26/h3-12,14-15,24,29-32,36,44H,16-17,19-23H2,1-2H3/t29-,30+,31+,32?,36-,37-/m0/s1. The molecule has 1 N–H and O–H groups in total. The third-order valence-electron chi connectivity index (χ3n) is 10.6. The maximum absolute atomic E-state index is 13.9. The van der Waals surface area contributed by atoms with E-state index in [0.29, 0.717) is 24.6 Å². The topological polar surface area (TPSA) is 53.0 Å². The van der Waals surface area contributed by atoms with Crippen LogP contribution in [0.15, 0.2) is 72.8 Å². The lowest BCUT2D eigenvalue weighted by Gasteiger charge is -2.60. The van der Waals surface area contributed by atoms with E-state index in [2.05, 4.69) is 48.8 Å². The summed E-state index contributed by atoms with van der Waals surface area (Å²) in [5.41, 5.74) is 2.91. The van der Waals surface area contributed by atoms with Crippen LogP contribution in [0.25, 0.3) is 0 Å². The number of ether oxygens (including phenoxy) is 1. The van der Waals surface area contributed by atoms with Crippen LogP contribution in [0.3, 0.4) is 0 Å². The van der Waals surface area contributed by atoms with Gasteiger partial charge in [0.05, 0.1) is 17.7 Å². The molecule has 2 aliphatic heterocycles. The molecule has 46 heavy (non-hydrogen) atoms. The van der Waals surface area contributed by atoms with E-state index < -0.39 is 17.8 Å². The van der Waals surface area contributed by atoms with Crippen molar-refractivity contribution >= 4 is 5.91 Å². The minimum absolute atomic E-state index is 0.187. The number of hydrogen-bond donors (Lipinski definition) is 1. The molecule has 0 aromatic heterocycles. The predicted octanol–water partition coefficient (Wildman–Crippen LogP) is 6.38. The number of aliphatic hydroxyl groups excluding tert-OH is 1. The van der Waals surface area contributed by atoms with Crippen molar-refractivity contribution in [1.29, 1.82) is 0 Å². The lowest BCUT2D eigenvalue weighted by molar-refractivity contribution is -0.138. The number of hydrogen-bond acceptors (Lipinski definition) is 4. The average Bonchev–Trinajstić information content (AvgIpc) is 3.38. The van der Waals surface area contributed by atoms with Gasteiger partial charge in [-0.25, -0.2) is 0 Å². The van der Waals surface area contributed by atoms with Crippen LogP contribution in [0.5, 0.6) is 5.75 Å². The summed E-state index contributed by atoms with van der Waals surface area (Å²) >= 11 is 0. The summed E-state index contributed by atoms with van der Waals surface area (Å²) in [6, 6.07) is 20.8. The van der Waals surface area contributed by atoms with Crippen LogP contribution in [0.4, 0.5) is 13.2 Å². The zero-order chi connectivity index (χ0) is 32.2. The van der Waals surface area contributed by atoms with Gasteiger partial charge >= 0.3 is 6.18 Å². The number of piperidine rings is 1. The molecule has 240 valence electrons. The van der Waals surface area contributed by atoms with E-state index in [0.717, 1.165) is 55.7 Å². The molecular weight excluding hydrogens is 589 g/mol. The summed E-state index contributed by atoms with van der Waals surface area (Å²) < 4.78 is 46.0. The average molecular weight is 629 g/mol. The van der Waals surface area contributed by atoms with Crippen molar-refractivity contribution in [2.45, 2.75) is 75.4 Å². The van der Waals surface area contributed by atoms with Gasteiger partial charge in [0, 0.05) is 41.6 Å². The molecule has 1 amide bonds. The first-order valence-corrected chi connectivity index (χ1v) is 16.3. The number of rotatable bonds is 6. The Bertz CT molecular complexity index is 1660. The number of likely N-dealkylation sites (tertiary alicyclic amines) is 1. The second-order valence-corrected chi connectivity index (χ2v) is 13.7. The van der Waals surface area contributed by atoms with Crippen molar-refractivity contribution in [1.82, 2.24) is 9.80 Å². The largest absolute Gasteiger partial charge is 0.487 e. The molecular formula is C38H39F3N2O3. The van der Waals surface area contributed by atoms with Gasteiger partial charge in [-0.3, -0.25) is 9.69 Å². The highest BCUT2D eigenvalue weighted by Gasteiger charge is 2.66. The van der Waals surface area contributed by atoms with Crippen LogP contribution in [0.1, 0.15) is 67.0 Å². The molecule has 2 bridgehead atoms. The fourth-order valence-corrected chi connectivity index (χ4v) is 8.82. The van der Waals surface area contributed by atoms with Gasteiger partial charge < -0.3 is 14.7 Å². The second kappa shape index (κ2) is 11.8. The first-order valence-electron chi connectivity index (χ1n) is 16.3. The summed E-state index contributed by atoms with van der Waals surface area (Å²) in [6.45, 7) is 6.06. The Balaban J connectivity index is 1.19. The Kier molecular flexibility index (Phi) is 7.89. The molecule has 1 spiro atoms. The van der Waals surface area contributed by atoms with Gasteiger partial charge in [-0.1, -0.05) is 62.2 Å². The monoisotopic (exact) mass is 628 g/mol. The van der Waals surface area contributed by atoms with Crippen LogP contribution in [-0.2, 0) is 22.8 Å². The van der Waals surface area contributed by atoms with E-state index in [1.807, 2.05) is 35.2 Å². The molecule has 4 aliphatic rings. The Morgan fingerprint density at radius 3 is 2.54 bits per heavy atom. The van der Waals surface area contributed by atoms with Gasteiger partial charge in [-0.05, 0) is 85.5 Å². The Hall–Kier alpha value is -3.80. The van der Waals surface area contributed by atoms with Crippen molar-refractivity contribution in [3.63, 3.8) is 0 Å². The quantitative estimate of drug-likeness (QED) is 0.322. The van der Waals surface area contributed by atoms with E-state index >= 15 is 0 Å². The first kappa shape index (κ1) is 30.8. The molecule has 1 saturated heterocycles. The third kappa shape index (κ3) is 5.28. The summed E-state index contributed by atoms with van der Waals surface area (Å²) in [4.78, 5) is 18.2. The maximum atomic E-state index is 13.9. The zero-order valence-electron chi connectivity index (χ0n) is 26.1. The Morgan fingerprint density at radius 2 is 1.83 bits per heavy atom. The predicted molar refractivity (Wildman–Crippen MR) is 169 cm³/mol. The highest BCUT2D eigenvalue weighted by atomic mass is 19.4. The summed E-state index contributed by atoms with van der Waals surface area (Å²) in [6.07, 6.45) is -1.74. The molecule has 2 aliphatic carbocycles. The van der Waals surface area contributed by atoms with Crippen molar-refractivity contribution in [2.24, 2.45) is 11.8 Å². The minimum atomic E-state index is -4.43. The van der Waals surface area contributed by atoms with Crippen molar-refractivity contribution in [3.8, 4) is 17.6 Å². The van der Waals surface area contributed by atoms with Crippen LogP contribution in [0.2, 0.25) is 0 Å². The Labute approximate surface area is 268 Å². The lowest BCUT2D eigenvalue weighted by Crippen LogP contribution is -2.69. The first-order chi connectivity index (χ1) is 22.1. The minimum Gasteiger partial charge on any atom is -0.487 e. The number of carbonyl (C=O) groups excluding carboxylic acids is 1. The summed E-state index contributed by atoms with van der Waals surface area (Å²) in [5.74, 6) is 6.69. The fourth-order valence-electron chi connectivity index (χ4n) is 8.82. The molecule has 3 aromatic rings. The van der Waals surface area contributed by atoms with Gasteiger partial charge in [-0.2, -0.15) is 13.2 Å². The van der Waals surface area contributed by atoms with Crippen LogP contribution in [-0.4, -0.2) is 58.6 Å². The molecule has 2 heterocycles. The molecule has 6 atom stereocenters. The van der Waals surface area contributed by atoms with Gasteiger partial charge in [-0.15, -0.1) is 0 Å². The van der Waals surface area contributed by atoms with Crippen molar-refractivity contribution in [2.75, 3.05) is 19.6 Å². The van der Waals surface area contributed by atoms with Crippen molar-refractivity contribution in [3.05, 3.63) is 101 Å². The highest BCUT2D eigenvalue weighted by Crippen LogP contribution is 2.62. The summed E-state index contributed by atoms with van der Waals surface area (Å²) in [5, 5.41) is 11.2. The van der Waals surface area contributed by atoms with Gasteiger partial charge in [0.2, 0.25) is 0 Å². The number of carbonyl (C=O) groups is 1. The number of benzene rings is 3. The third-order valence-corrected chi connectivity index (χ3v) is 10.6. The Morgan fingerprint density at radius 1 is 1.07 bits per heavy atom. The van der Waals surface area contributed by atoms with E-state index in [9.17, 15) is 23.1 Å². The lowest BCUT2D eigenvalue weighted by atomic mass is 9.51. The molecule has 1 unspecified atom stereocenters. The molecule has 0 radical (unpaired) electrons. The normalized spacial score (nSPS) is 26.8. The van der Waals surface area contributed by atoms with Crippen LogP contribution >= 0.6 is 0 Å². The molecule has 8 heteroatoms. The number of aliphatic hydroxyl groups is 1. The molecule has 5 nitrogen and oxygen atoms in total. The molecule has 7 rings (SSSR count). The van der Waals surface area contributed by atoms with Gasteiger partial charge in [0.25, 0.3) is 5.91 Å². The fraction of sp³-hybridized carbons (Fsp3) is 0.447. The number of halogens is 3. The highest BCUT2D eigenvalue weighted by molar-refractivity contribution is 5.94. The van der Waals surface area contributed by atoms with E-state index in [-0.39, 0.29) is 35.4 Å². The van der Waals surface area contributed by atoms with E-state index in [1.165, 1.54) is 23.3 Å². The second-order valence-electron chi connectivity index (χ2n) is 13.7. The van der Waals surface area contributed by atoms with Crippen molar-refractivity contribution < 1.29 is 27.8 Å². The number of alkyl halides is 3. The maximum Gasteiger partial charge on any atom is 0.416 e. The zero-order valence-corrected chi connectivity index (χ0v) is 26.1. The van der Waals surface area contributed by atoms with Crippen LogP contribution in [0, 0.1) is 23.7 Å². The molecule has 2 fully saturated rings. The molecule has 3 aromatic carbocycles. The van der Waals surface area contributed by atoms with E-state index in [4.69, 9.17) is 4.74 Å². The van der Waals surface area contributed by atoms with E-state index in [1.54, 1.807) is 0 Å². The molecule has 1 saturated carbocycles. The van der Waals surface area contributed by atoms with Crippen LogP contribution < -0.4 is 4.74 Å². The number of β-amino-alcohol motifs (C(OH)–C–C–N with tert-alkyl or cyclic N) is 1. The number of amides is 1. The number of nitrogens with zero attached hydrogens (tertiary/aromatic N) is 2. The summed E-state index contributed by atoms with van der Waals surface area (Å²) in [7, 11) is 0.